The maximum absolute atomic E-state index is 14.7. The van der Waals surface area contributed by atoms with Gasteiger partial charge in [-0.05, 0) is 62.6 Å². The van der Waals surface area contributed by atoms with Gasteiger partial charge < -0.3 is 14.5 Å². The van der Waals surface area contributed by atoms with Crippen LogP contribution in [-0.2, 0) is 13.0 Å². The summed E-state index contributed by atoms with van der Waals surface area (Å²) in [6.07, 6.45) is 8.04. The first-order valence-electron chi connectivity index (χ1n) is 10.8. The zero-order valence-electron chi connectivity index (χ0n) is 18.1. The van der Waals surface area contributed by atoms with Crippen LogP contribution in [0.2, 0.25) is 0 Å². The molecule has 8 heteroatoms. The van der Waals surface area contributed by atoms with E-state index in [1.807, 2.05) is 42.9 Å². The number of nitrogens with zero attached hydrogens (tertiary/aromatic N) is 4. The van der Waals surface area contributed by atoms with Gasteiger partial charge in [0.15, 0.2) is 5.82 Å². The highest BCUT2D eigenvalue weighted by atomic mass is 32.1. The molecule has 164 valence electrons. The van der Waals surface area contributed by atoms with Crippen LogP contribution in [0.5, 0.6) is 0 Å². The quantitative estimate of drug-likeness (QED) is 0.445. The molecule has 3 aromatic heterocycles. The number of benzene rings is 1. The van der Waals surface area contributed by atoms with Crippen molar-refractivity contribution < 1.29 is 9.18 Å². The molecule has 1 amide bonds. The Morgan fingerprint density at radius 3 is 2.75 bits per heavy atom. The van der Waals surface area contributed by atoms with Gasteiger partial charge in [-0.3, -0.25) is 4.79 Å². The number of amides is 1. The molecule has 0 aliphatic carbocycles. The monoisotopic (exact) mass is 449 g/mol. The van der Waals surface area contributed by atoms with Gasteiger partial charge in [0.2, 0.25) is 0 Å². The fraction of sp³-hybridized carbons (Fsp3) is 0.292. The van der Waals surface area contributed by atoms with Gasteiger partial charge >= 0.3 is 0 Å². The van der Waals surface area contributed by atoms with E-state index in [1.165, 1.54) is 6.07 Å². The summed E-state index contributed by atoms with van der Waals surface area (Å²) in [6.45, 7) is 4.76. The topological polar surface area (TPSA) is 64.7 Å². The van der Waals surface area contributed by atoms with E-state index in [-0.39, 0.29) is 11.6 Å². The van der Waals surface area contributed by atoms with Gasteiger partial charge in [0, 0.05) is 35.8 Å². The number of rotatable bonds is 4. The van der Waals surface area contributed by atoms with Crippen molar-refractivity contribution in [2.24, 2.45) is 0 Å². The minimum Gasteiger partial charge on any atom is -0.319 e. The van der Waals surface area contributed by atoms with Crippen LogP contribution < -0.4 is 5.32 Å². The lowest BCUT2D eigenvalue weighted by atomic mass is 10.1. The second kappa shape index (κ2) is 8.35. The predicted molar refractivity (Wildman–Crippen MR) is 124 cm³/mol. The molecule has 0 bridgehead atoms. The number of anilines is 1. The molecule has 0 saturated carbocycles. The van der Waals surface area contributed by atoms with Crippen LogP contribution in [0, 0.1) is 19.7 Å². The SMILES string of the molecule is Cc1sc(-n2cccc2)c(C(=O)Nc2cc(-c3nnc4n3CCCCC4)ccc2F)c1C. The van der Waals surface area contributed by atoms with Crippen molar-refractivity contribution in [2.75, 3.05) is 5.32 Å². The summed E-state index contributed by atoms with van der Waals surface area (Å²) >= 11 is 1.55. The Kier molecular flexibility index (Phi) is 5.38. The second-order valence-electron chi connectivity index (χ2n) is 8.10. The molecule has 4 aromatic rings. The minimum absolute atomic E-state index is 0.139. The lowest BCUT2D eigenvalue weighted by Crippen LogP contribution is -2.15. The van der Waals surface area contributed by atoms with Crippen molar-refractivity contribution >= 4 is 22.9 Å². The molecule has 0 unspecified atom stereocenters. The molecular weight excluding hydrogens is 425 g/mol. The number of thiophene rings is 1. The smallest absolute Gasteiger partial charge is 0.259 e. The minimum atomic E-state index is -0.482. The first-order chi connectivity index (χ1) is 15.5. The summed E-state index contributed by atoms with van der Waals surface area (Å²) < 4.78 is 18.7. The molecule has 6 nitrogen and oxygen atoms in total. The van der Waals surface area contributed by atoms with Crippen LogP contribution in [0.1, 0.15) is 45.9 Å². The largest absolute Gasteiger partial charge is 0.319 e. The molecule has 1 aliphatic heterocycles. The normalized spacial score (nSPS) is 13.6. The molecule has 0 atom stereocenters. The van der Waals surface area contributed by atoms with Crippen molar-refractivity contribution in [2.45, 2.75) is 46.1 Å². The predicted octanol–water partition coefficient (Wildman–Crippen LogP) is 5.53. The van der Waals surface area contributed by atoms with Gasteiger partial charge in [-0.15, -0.1) is 21.5 Å². The number of nitrogens with one attached hydrogen (secondary N) is 1. The third kappa shape index (κ3) is 3.64. The summed E-state index contributed by atoms with van der Waals surface area (Å²) in [5.41, 5.74) is 2.34. The Bertz CT molecular complexity index is 1290. The Hall–Kier alpha value is -3.26. The van der Waals surface area contributed by atoms with E-state index < -0.39 is 5.82 Å². The summed E-state index contributed by atoms with van der Waals surface area (Å²) in [5, 5.41) is 12.3. The third-order valence-electron chi connectivity index (χ3n) is 6.02. The second-order valence-corrected chi connectivity index (χ2v) is 9.31. The lowest BCUT2D eigenvalue weighted by molar-refractivity contribution is 0.102. The fourth-order valence-corrected chi connectivity index (χ4v) is 5.29. The molecule has 4 heterocycles. The van der Waals surface area contributed by atoms with E-state index in [0.29, 0.717) is 11.4 Å². The summed E-state index contributed by atoms with van der Waals surface area (Å²) in [5.74, 6) is 0.873. The van der Waals surface area contributed by atoms with E-state index >= 15 is 0 Å². The van der Waals surface area contributed by atoms with E-state index in [0.717, 1.165) is 59.1 Å². The molecule has 5 rings (SSSR count). The van der Waals surface area contributed by atoms with Crippen LogP contribution in [0.25, 0.3) is 16.4 Å². The molecule has 0 radical (unpaired) electrons. The first kappa shape index (κ1) is 20.6. The molecule has 1 N–H and O–H groups in total. The van der Waals surface area contributed by atoms with Crippen molar-refractivity contribution in [3.63, 3.8) is 0 Å². The number of fused-ring (bicyclic) bond motifs is 1. The van der Waals surface area contributed by atoms with Crippen LogP contribution in [0.15, 0.2) is 42.7 Å². The number of hydrogen-bond donors (Lipinski definition) is 1. The fourth-order valence-electron chi connectivity index (χ4n) is 4.17. The average Bonchev–Trinajstić information content (AvgIpc) is 3.47. The first-order valence-corrected chi connectivity index (χ1v) is 11.6. The third-order valence-corrected chi connectivity index (χ3v) is 7.24. The van der Waals surface area contributed by atoms with E-state index in [1.54, 1.807) is 23.5 Å². The van der Waals surface area contributed by atoms with E-state index in [9.17, 15) is 9.18 Å². The molecule has 1 aliphatic rings. The van der Waals surface area contributed by atoms with Gasteiger partial charge in [-0.1, -0.05) is 6.42 Å². The van der Waals surface area contributed by atoms with Crippen LogP contribution >= 0.6 is 11.3 Å². The van der Waals surface area contributed by atoms with Gasteiger partial charge in [0.05, 0.1) is 11.3 Å². The van der Waals surface area contributed by atoms with Gasteiger partial charge in [-0.25, -0.2) is 4.39 Å². The average molecular weight is 450 g/mol. The molecule has 0 spiro atoms. The molecule has 0 saturated heterocycles. The van der Waals surface area contributed by atoms with E-state index in [2.05, 4.69) is 20.1 Å². The van der Waals surface area contributed by atoms with Gasteiger partial charge in [-0.2, -0.15) is 0 Å². The highest BCUT2D eigenvalue weighted by Crippen LogP contribution is 2.32. The Balaban J connectivity index is 1.49. The molecule has 1 aromatic carbocycles. The van der Waals surface area contributed by atoms with Gasteiger partial charge in [0.1, 0.15) is 16.6 Å². The summed E-state index contributed by atoms with van der Waals surface area (Å²) in [4.78, 5) is 14.3. The maximum Gasteiger partial charge on any atom is 0.259 e. The number of halogens is 1. The number of hydrogen-bond acceptors (Lipinski definition) is 4. The number of carbonyl (C=O) groups excluding carboxylic acids is 1. The van der Waals surface area contributed by atoms with Gasteiger partial charge in [0.25, 0.3) is 5.91 Å². The molecular formula is C24H24FN5OS. The van der Waals surface area contributed by atoms with E-state index in [4.69, 9.17) is 0 Å². The highest BCUT2D eigenvalue weighted by Gasteiger charge is 2.22. The summed E-state index contributed by atoms with van der Waals surface area (Å²) in [6, 6.07) is 8.55. The zero-order valence-corrected chi connectivity index (χ0v) is 18.9. The molecule has 32 heavy (non-hydrogen) atoms. The zero-order chi connectivity index (χ0) is 22.2. The standard InChI is InChI=1S/C24H24FN5OS/c1-15-16(2)32-24(29-11-6-7-12-29)21(15)23(31)26-19-14-17(9-10-18(19)25)22-28-27-20-8-4-3-5-13-30(20)22/h6-7,9-12,14H,3-5,8,13H2,1-2H3,(H,26,31). The molecule has 0 fully saturated rings. The number of aryl methyl sites for hydroxylation is 2. The van der Waals surface area contributed by atoms with Crippen LogP contribution in [0.3, 0.4) is 0 Å². The maximum atomic E-state index is 14.7. The Labute approximate surface area is 189 Å². The summed E-state index contributed by atoms with van der Waals surface area (Å²) in [7, 11) is 0. The van der Waals surface area contributed by atoms with Crippen molar-refractivity contribution in [1.82, 2.24) is 19.3 Å². The number of carbonyl (C=O) groups is 1. The van der Waals surface area contributed by atoms with Crippen molar-refractivity contribution in [3.05, 3.63) is 70.4 Å². The number of aromatic nitrogens is 4. The highest BCUT2D eigenvalue weighted by molar-refractivity contribution is 7.15. The Morgan fingerprint density at radius 2 is 1.94 bits per heavy atom. The van der Waals surface area contributed by atoms with Crippen molar-refractivity contribution in [1.29, 1.82) is 0 Å². The lowest BCUT2D eigenvalue weighted by Gasteiger charge is -2.12. The Morgan fingerprint density at radius 1 is 1.12 bits per heavy atom. The van der Waals surface area contributed by atoms with Crippen molar-refractivity contribution in [3.8, 4) is 16.4 Å². The van der Waals surface area contributed by atoms with Crippen LogP contribution in [0.4, 0.5) is 10.1 Å². The van der Waals surface area contributed by atoms with Crippen LogP contribution in [-0.4, -0.2) is 25.2 Å².